The van der Waals surface area contributed by atoms with Crippen LogP contribution in [0.5, 0.6) is 0 Å². The first-order valence-electron chi connectivity index (χ1n) is 6.40. The molecule has 3 rings (SSSR count). The quantitative estimate of drug-likeness (QED) is 0.729. The van der Waals surface area contributed by atoms with Crippen molar-refractivity contribution >= 4 is 22.8 Å². The Labute approximate surface area is 117 Å². The van der Waals surface area contributed by atoms with Gasteiger partial charge in [-0.2, -0.15) is 5.10 Å². The SMILES string of the molecule is C=C1NN=C(Cc2ccccc2)c2cc(N)c(N)cc21. The molecule has 0 fully saturated rings. The lowest BCUT2D eigenvalue weighted by molar-refractivity contribution is 0.965. The smallest absolute Gasteiger partial charge is 0.0730 e. The number of hydrogen-bond acceptors (Lipinski definition) is 4. The lowest BCUT2D eigenvalue weighted by atomic mass is 9.94. The van der Waals surface area contributed by atoms with Crippen LogP contribution in [0.3, 0.4) is 0 Å². The standard InChI is InChI=1S/C16H16N4/c1-10-12-8-14(17)15(18)9-13(12)16(20-19-10)7-11-5-3-2-4-6-11/h2-6,8-9,19H,1,7,17-18H2. The van der Waals surface area contributed by atoms with Crippen LogP contribution in [-0.4, -0.2) is 5.71 Å². The molecule has 100 valence electrons. The van der Waals surface area contributed by atoms with Gasteiger partial charge in [0.2, 0.25) is 0 Å². The van der Waals surface area contributed by atoms with Crippen LogP contribution in [0, 0.1) is 0 Å². The molecule has 0 saturated heterocycles. The van der Waals surface area contributed by atoms with Gasteiger partial charge in [-0.3, -0.25) is 5.43 Å². The summed E-state index contributed by atoms with van der Waals surface area (Å²) in [6.45, 7) is 3.95. The summed E-state index contributed by atoms with van der Waals surface area (Å²) >= 11 is 0. The van der Waals surface area contributed by atoms with E-state index in [0.29, 0.717) is 11.4 Å². The predicted molar refractivity (Wildman–Crippen MR) is 84.1 cm³/mol. The van der Waals surface area contributed by atoms with Crippen molar-refractivity contribution in [2.24, 2.45) is 5.10 Å². The van der Waals surface area contributed by atoms with Crippen LogP contribution in [0.2, 0.25) is 0 Å². The fraction of sp³-hybridized carbons (Fsp3) is 0.0625. The summed E-state index contributed by atoms with van der Waals surface area (Å²) in [6.07, 6.45) is 0.734. The third-order valence-electron chi connectivity index (χ3n) is 3.40. The number of anilines is 2. The van der Waals surface area contributed by atoms with Crippen LogP contribution in [0.1, 0.15) is 16.7 Å². The molecule has 0 spiro atoms. The maximum Gasteiger partial charge on any atom is 0.0730 e. The van der Waals surface area contributed by atoms with Gasteiger partial charge in [0.25, 0.3) is 0 Å². The zero-order valence-electron chi connectivity index (χ0n) is 11.1. The van der Waals surface area contributed by atoms with Crippen molar-refractivity contribution in [2.45, 2.75) is 6.42 Å². The van der Waals surface area contributed by atoms with Crippen molar-refractivity contribution in [1.82, 2.24) is 5.43 Å². The van der Waals surface area contributed by atoms with E-state index in [0.717, 1.165) is 29.0 Å². The van der Waals surface area contributed by atoms with E-state index < -0.39 is 0 Å². The molecule has 1 aliphatic heterocycles. The lowest BCUT2D eigenvalue weighted by Crippen LogP contribution is -2.21. The van der Waals surface area contributed by atoms with Gasteiger partial charge in [0.15, 0.2) is 0 Å². The molecule has 2 aromatic rings. The third-order valence-corrected chi connectivity index (χ3v) is 3.40. The topological polar surface area (TPSA) is 76.4 Å². The van der Waals surface area contributed by atoms with E-state index in [-0.39, 0.29) is 0 Å². The Balaban J connectivity index is 2.03. The van der Waals surface area contributed by atoms with Crippen LogP contribution >= 0.6 is 0 Å². The summed E-state index contributed by atoms with van der Waals surface area (Å²) in [5.74, 6) is 0. The largest absolute Gasteiger partial charge is 0.397 e. The highest BCUT2D eigenvalue weighted by Gasteiger charge is 2.18. The average molecular weight is 264 g/mol. The Morgan fingerprint density at radius 3 is 2.35 bits per heavy atom. The fourth-order valence-corrected chi connectivity index (χ4v) is 2.30. The highest BCUT2D eigenvalue weighted by molar-refractivity contribution is 6.08. The Morgan fingerprint density at radius 1 is 1.00 bits per heavy atom. The van der Waals surface area contributed by atoms with Gasteiger partial charge in [-0.05, 0) is 17.7 Å². The van der Waals surface area contributed by atoms with Crippen molar-refractivity contribution < 1.29 is 0 Å². The summed E-state index contributed by atoms with van der Waals surface area (Å²) in [6, 6.07) is 13.9. The molecule has 0 amide bonds. The Morgan fingerprint density at radius 2 is 1.65 bits per heavy atom. The summed E-state index contributed by atoms with van der Waals surface area (Å²) in [5.41, 5.74) is 20.7. The zero-order chi connectivity index (χ0) is 14.1. The summed E-state index contributed by atoms with van der Waals surface area (Å²) in [4.78, 5) is 0. The monoisotopic (exact) mass is 264 g/mol. The van der Waals surface area contributed by atoms with E-state index >= 15 is 0 Å². The van der Waals surface area contributed by atoms with E-state index in [4.69, 9.17) is 11.5 Å². The van der Waals surface area contributed by atoms with Gasteiger partial charge in [-0.15, -0.1) is 0 Å². The van der Waals surface area contributed by atoms with Gasteiger partial charge < -0.3 is 11.5 Å². The van der Waals surface area contributed by atoms with E-state index in [1.165, 1.54) is 5.56 Å². The highest BCUT2D eigenvalue weighted by Crippen LogP contribution is 2.28. The molecule has 0 atom stereocenters. The minimum absolute atomic E-state index is 0.563. The number of fused-ring (bicyclic) bond motifs is 1. The number of nitrogens with zero attached hydrogens (tertiary/aromatic N) is 1. The van der Waals surface area contributed by atoms with Crippen molar-refractivity contribution in [3.8, 4) is 0 Å². The van der Waals surface area contributed by atoms with Gasteiger partial charge in [0.1, 0.15) is 0 Å². The van der Waals surface area contributed by atoms with Crippen molar-refractivity contribution in [3.63, 3.8) is 0 Å². The third kappa shape index (κ3) is 2.12. The molecule has 1 aliphatic rings. The van der Waals surface area contributed by atoms with E-state index in [9.17, 15) is 0 Å². The molecule has 0 aromatic heterocycles. The van der Waals surface area contributed by atoms with Gasteiger partial charge in [-0.1, -0.05) is 36.9 Å². The molecule has 0 radical (unpaired) electrons. The average Bonchev–Trinajstić information content (AvgIpc) is 2.45. The molecule has 0 bridgehead atoms. The second kappa shape index (κ2) is 4.74. The van der Waals surface area contributed by atoms with Crippen LogP contribution < -0.4 is 16.9 Å². The molecular formula is C16H16N4. The van der Waals surface area contributed by atoms with Crippen molar-refractivity contribution in [2.75, 3.05) is 11.5 Å². The molecule has 1 heterocycles. The van der Waals surface area contributed by atoms with Crippen molar-refractivity contribution in [3.05, 3.63) is 65.7 Å². The minimum atomic E-state index is 0.563. The Kier molecular flexibility index (Phi) is 2.91. The first-order chi connectivity index (χ1) is 9.65. The van der Waals surface area contributed by atoms with Crippen LogP contribution in [-0.2, 0) is 6.42 Å². The van der Waals surface area contributed by atoms with Crippen LogP contribution in [0.4, 0.5) is 11.4 Å². The summed E-state index contributed by atoms with van der Waals surface area (Å²) in [7, 11) is 0. The number of nitrogens with one attached hydrogen (secondary N) is 1. The summed E-state index contributed by atoms with van der Waals surface area (Å²) < 4.78 is 0. The fourth-order valence-electron chi connectivity index (χ4n) is 2.30. The molecular weight excluding hydrogens is 248 g/mol. The number of nitrogens with two attached hydrogens (primary N) is 2. The number of hydrogen-bond donors (Lipinski definition) is 3. The normalized spacial score (nSPS) is 13.4. The summed E-state index contributed by atoms with van der Waals surface area (Å²) in [5, 5.41) is 4.39. The first-order valence-corrected chi connectivity index (χ1v) is 6.40. The molecule has 4 nitrogen and oxygen atoms in total. The van der Waals surface area contributed by atoms with Gasteiger partial charge in [0.05, 0.1) is 22.8 Å². The van der Waals surface area contributed by atoms with Gasteiger partial charge in [-0.25, -0.2) is 0 Å². The molecule has 0 unspecified atom stereocenters. The van der Waals surface area contributed by atoms with Gasteiger partial charge >= 0.3 is 0 Å². The van der Waals surface area contributed by atoms with Crippen LogP contribution in [0.15, 0.2) is 54.1 Å². The molecule has 2 aromatic carbocycles. The number of rotatable bonds is 2. The van der Waals surface area contributed by atoms with Gasteiger partial charge in [0, 0.05) is 17.5 Å². The molecule has 4 heteroatoms. The van der Waals surface area contributed by atoms with E-state index in [1.807, 2.05) is 30.3 Å². The van der Waals surface area contributed by atoms with E-state index in [2.05, 4.69) is 29.2 Å². The first kappa shape index (κ1) is 12.3. The Bertz CT molecular complexity index is 702. The second-order valence-electron chi connectivity index (χ2n) is 4.84. The zero-order valence-corrected chi connectivity index (χ0v) is 11.1. The molecule has 20 heavy (non-hydrogen) atoms. The van der Waals surface area contributed by atoms with Crippen molar-refractivity contribution in [1.29, 1.82) is 0 Å². The van der Waals surface area contributed by atoms with Crippen LogP contribution in [0.25, 0.3) is 5.70 Å². The highest BCUT2D eigenvalue weighted by atomic mass is 15.3. The molecule has 0 saturated carbocycles. The lowest BCUT2D eigenvalue weighted by Gasteiger charge is -2.21. The number of nitrogen functional groups attached to an aromatic ring is 2. The van der Waals surface area contributed by atoms with E-state index in [1.54, 1.807) is 0 Å². The Hall–Kier alpha value is -2.75. The second-order valence-corrected chi connectivity index (χ2v) is 4.84. The minimum Gasteiger partial charge on any atom is -0.397 e. The maximum atomic E-state index is 5.91. The molecule has 0 aliphatic carbocycles. The predicted octanol–water partition coefficient (Wildman–Crippen LogP) is 2.37. The maximum absolute atomic E-state index is 5.91. The number of benzene rings is 2. The molecule has 5 N–H and O–H groups in total. The number of hydrazone groups is 1.